The van der Waals surface area contributed by atoms with Crippen LogP contribution >= 0.6 is 27.5 Å². The topological polar surface area (TPSA) is 625 Å². The van der Waals surface area contributed by atoms with Crippen molar-refractivity contribution >= 4 is 225 Å². The third-order valence-corrected chi connectivity index (χ3v) is 24.1. The number of para-hydroxylation sites is 5. The fourth-order valence-electron chi connectivity index (χ4n) is 15.9. The highest BCUT2D eigenvalue weighted by molar-refractivity contribution is 9.10. The average Bonchev–Trinajstić information content (AvgIpc) is 1.63. The number of imidazole rings is 6. The van der Waals surface area contributed by atoms with Crippen molar-refractivity contribution in [2.75, 3.05) is 55.7 Å². The van der Waals surface area contributed by atoms with Crippen molar-refractivity contribution in [1.82, 2.24) is 144 Å². The zero-order valence-electron chi connectivity index (χ0n) is 74.3. The van der Waals surface area contributed by atoms with Gasteiger partial charge >= 0.3 is 0 Å². The standard InChI is InChI=1S/C22H23N7O4.C22H23N7O3.C17H15N7.C14H9ClN6.C14H10N6O.C5H3BrN4O.2CH4/c30-9-15-17(31)18(32)21(33-15)29-10-24-16-19(25-12-5-6-12)27-22(28-20(16)29)26-13-7-11-3-1-2-4-14(11)23-8-13;30-10-17-16(31)8-18(32-17)29-11-24-19-20(25-13-5-6-13)27-22(28-21(19)29)26-14-7-12-3-1-2-4-15(12)23-9-14;1-2-4-13-10(3-1)7-12(8-18-13)22-17-23-15-14(19-9-20-15)16(24-17)21-11-5-6-11;15-12-11-13(18-7-17-11)21-14(20-12)19-9-5-8-3-1-2-4-10(8)16-6-9;21-13-11-12(17-7-16-11)19-14(20-13)18-9-5-8-3-1-2-4-10(8)15-6-9;6-5-9-3-2(4(11)10-5)7-1-8-3;;/h1-4,7-8,10,12,15,17-18,21,30-32H,5-6,9H2,(H2,25,26,27,28);1-4,7,9,11,13,16-18,30-31H,5-6,8,10H2,(H2,25,26,27,28);1-4,7-9,11H,5-6H2,(H3,19,20,21,22,23,24);1-7H,(H2,17,18,19,20,21);1-7H,(H3,16,17,18,19,20,21);1H,(H2,7,8,9,10,11);2*1H4. The summed E-state index contributed by atoms with van der Waals surface area (Å²) in [5, 5.41) is 81.2. The molecule has 2 saturated heterocycles. The maximum absolute atomic E-state index is 11.8. The van der Waals surface area contributed by atoms with E-state index in [9.17, 15) is 35.1 Å². The molecule has 48 heteroatoms. The zero-order valence-corrected chi connectivity index (χ0v) is 76.7. The van der Waals surface area contributed by atoms with Crippen LogP contribution in [-0.4, -0.2) is 231 Å². The number of benzene rings is 5. The van der Waals surface area contributed by atoms with Crippen LogP contribution in [0.4, 0.5) is 75.6 Å². The molecule has 0 spiro atoms. The number of aromatic nitrogens is 29. The van der Waals surface area contributed by atoms with Crippen LogP contribution in [0.2, 0.25) is 5.15 Å². The van der Waals surface area contributed by atoms with Gasteiger partial charge in [-0.3, -0.25) is 53.6 Å². The summed E-state index contributed by atoms with van der Waals surface area (Å²) in [6.45, 7) is -0.651. The van der Waals surface area contributed by atoms with Crippen molar-refractivity contribution in [1.29, 1.82) is 0 Å². The maximum Gasteiger partial charge on any atom is 0.278 e. The molecule has 27 rings (SSSR count). The van der Waals surface area contributed by atoms with Crippen molar-refractivity contribution in [3.8, 4) is 0 Å². The lowest BCUT2D eigenvalue weighted by atomic mass is 10.1. The molecular weight excluding hydrogens is 1930 g/mol. The molecule has 0 bridgehead atoms. The predicted molar refractivity (Wildman–Crippen MR) is 549 cm³/mol. The van der Waals surface area contributed by atoms with Crippen molar-refractivity contribution < 1.29 is 35.0 Å². The third-order valence-electron chi connectivity index (χ3n) is 23.4. The van der Waals surface area contributed by atoms with Gasteiger partial charge in [-0.15, -0.1) is 0 Å². The highest BCUT2D eigenvalue weighted by atomic mass is 79.9. The molecule has 728 valence electrons. The Kier molecular flexibility index (Phi) is 27.2. The first-order valence-electron chi connectivity index (χ1n) is 45.0. The number of ether oxygens (including phenoxy) is 2. The van der Waals surface area contributed by atoms with Gasteiger partial charge in [-0.1, -0.05) is 117 Å². The summed E-state index contributed by atoms with van der Waals surface area (Å²) in [7, 11) is 0. The Hall–Kier alpha value is -17.1. The van der Waals surface area contributed by atoms with E-state index < -0.39 is 49.6 Å². The van der Waals surface area contributed by atoms with Crippen LogP contribution in [0, 0.1) is 0 Å². The molecule has 2 aliphatic heterocycles. The Bertz CT molecular complexity index is 8550. The van der Waals surface area contributed by atoms with E-state index in [1.165, 1.54) is 38.2 Å². The minimum absolute atomic E-state index is 0. The molecule has 5 aliphatic rings. The molecule has 0 amide bonds. The molecule has 22 aromatic rings. The summed E-state index contributed by atoms with van der Waals surface area (Å²) in [4.78, 5) is 131. The smallest absolute Gasteiger partial charge is 0.278 e. The number of anilines is 13. The first-order valence-corrected chi connectivity index (χ1v) is 46.2. The van der Waals surface area contributed by atoms with Gasteiger partial charge in [0.1, 0.15) is 41.7 Å². The number of nitrogens with zero attached hydrogens (tertiary/aromatic N) is 23. The van der Waals surface area contributed by atoms with E-state index in [0.29, 0.717) is 137 Å². The van der Waals surface area contributed by atoms with Crippen LogP contribution in [0.15, 0.2) is 235 Å². The number of hydrogen-bond donors (Lipinski definition) is 19. The van der Waals surface area contributed by atoms with E-state index in [2.05, 4.69) is 188 Å². The fraction of sp³-hybridized carbons (Fsp3) is 0.219. The molecule has 7 atom stereocenters. The number of rotatable bonds is 20. The van der Waals surface area contributed by atoms with Crippen LogP contribution in [0.25, 0.3) is 121 Å². The minimum Gasteiger partial charge on any atom is -0.394 e. The molecule has 144 heavy (non-hydrogen) atoms. The largest absolute Gasteiger partial charge is 0.394 e. The molecule has 7 unspecified atom stereocenters. The van der Waals surface area contributed by atoms with E-state index in [0.717, 1.165) is 120 Å². The van der Waals surface area contributed by atoms with Crippen LogP contribution in [0.1, 0.15) is 72.3 Å². The number of H-pyrrole nitrogens is 6. The number of fused-ring (bicyclic) bond motifs is 11. The molecule has 19 N–H and O–H groups in total. The van der Waals surface area contributed by atoms with Crippen LogP contribution in [0.3, 0.4) is 0 Å². The first-order chi connectivity index (χ1) is 69.5. The highest BCUT2D eigenvalue weighted by Crippen LogP contribution is 2.39. The molecule has 19 heterocycles. The molecule has 0 radical (unpaired) electrons. The summed E-state index contributed by atoms with van der Waals surface area (Å²) in [6.07, 6.45) is 18.7. The summed E-state index contributed by atoms with van der Waals surface area (Å²) in [5.74, 6) is 3.99. The molecular formula is C96H91BrClN37O9. The molecule has 17 aromatic heterocycles. The zero-order chi connectivity index (χ0) is 96.4. The van der Waals surface area contributed by atoms with E-state index in [4.69, 9.17) is 26.1 Å². The van der Waals surface area contributed by atoms with Gasteiger partial charge < -0.3 is 97.5 Å². The number of aliphatic hydroxyl groups is 5. The summed E-state index contributed by atoms with van der Waals surface area (Å²) in [5.41, 5.74) is 14.4. The van der Waals surface area contributed by atoms with E-state index in [1.54, 1.807) is 52.8 Å². The van der Waals surface area contributed by atoms with Gasteiger partial charge in [-0.25, -0.2) is 34.9 Å². The second kappa shape index (κ2) is 41.4. The number of halogens is 2. The van der Waals surface area contributed by atoms with Crippen LogP contribution in [-0.2, 0) is 9.47 Å². The lowest BCUT2D eigenvalue weighted by molar-refractivity contribution is -0.0511. The van der Waals surface area contributed by atoms with Crippen LogP contribution < -0.4 is 53.7 Å². The fourth-order valence-corrected chi connectivity index (χ4v) is 16.4. The molecule has 46 nitrogen and oxygen atoms in total. The molecule has 3 aliphatic carbocycles. The van der Waals surface area contributed by atoms with Crippen molar-refractivity contribution in [3.63, 3.8) is 0 Å². The van der Waals surface area contributed by atoms with Gasteiger partial charge in [0.15, 0.2) is 89.5 Å². The molecule has 5 aromatic carbocycles. The number of hydrogen-bond acceptors (Lipinski definition) is 38. The van der Waals surface area contributed by atoms with Gasteiger partial charge in [0, 0.05) is 51.5 Å². The summed E-state index contributed by atoms with van der Waals surface area (Å²) < 4.78 is 15.3. The number of nitrogens with one attached hydrogen (secondary N) is 14. The predicted octanol–water partition coefficient (Wildman–Crippen LogP) is 13.8. The Morgan fingerprint density at radius 1 is 0.389 bits per heavy atom. The average molecular weight is 2020 g/mol. The highest BCUT2D eigenvalue weighted by Gasteiger charge is 2.45. The quantitative estimate of drug-likeness (QED) is 0.0249. The van der Waals surface area contributed by atoms with Gasteiger partial charge in [-0.2, -0.15) is 44.9 Å². The van der Waals surface area contributed by atoms with E-state index >= 15 is 0 Å². The Balaban J connectivity index is 0.000000108. The first kappa shape index (κ1) is 94.5. The Morgan fingerprint density at radius 2 is 0.757 bits per heavy atom. The molecule has 3 saturated carbocycles. The lowest BCUT2D eigenvalue weighted by Crippen LogP contribution is -2.33. The SMILES string of the molecule is C.C.Clc1nc(Nc2cnc3ccccc3c2)nc2nc[nH]c12.O=c1[nH]c(Br)nc2nc[nH]c12.O=c1[nH]c(Nc2cnc3ccccc3c2)nc2nc[nH]c12.OCC1OC(n2cnc3c(NC4CC4)nc(Nc4cnc5ccccc5c4)nc32)C(O)C1O.OCC1OC(n2cnc3c(NC4CC4)nc(Nc4cnc5ccccc5c4)nc32)CC1O.c1ccc2ncc(Nc3nc(NC4CC4)c4[nH]cnc4n3)cc2c1. The Labute approximate surface area is 826 Å². The monoisotopic (exact) mass is 2020 g/mol. The normalized spacial score (nSPS) is 17.3. The second-order valence-electron chi connectivity index (χ2n) is 33.7. The van der Waals surface area contributed by atoms with Gasteiger partial charge in [0.05, 0.1) is 144 Å². The van der Waals surface area contributed by atoms with Crippen molar-refractivity contribution in [2.45, 2.75) is 121 Å². The maximum atomic E-state index is 11.8. The third kappa shape index (κ3) is 21.1. The van der Waals surface area contributed by atoms with Crippen LogP contribution in [0.5, 0.6) is 0 Å². The van der Waals surface area contributed by atoms with Crippen molar-refractivity contribution in [3.05, 3.63) is 251 Å². The molecule has 5 fully saturated rings. The minimum atomic E-state index is -1.24. The lowest BCUT2D eigenvalue weighted by Gasteiger charge is -2.17. The summed E-state index contributed by atoms with van der Waals surface area (Å²) in [6, 6.07) is 50.5. The number of aliphatic hydroxyl groups excluding tert-OH is 5. The Morgan fingerprint density at radius 3 is 1.19 bits per heavy atom. The van der Waals surface area contributed by atoms with Gasteiger partial charge in [0.2, 0.25) is 29.7 Å². The van der Waals surface area contributed by atoms with Gasteiger partial charge in [0.25, 0.3) is 11.1 Å². The second-order valence-corrected chi connectivity index (χ2v) is 34.8. The number of aromatic amines is 6. The van der Waals surface area contributed by atoms with Gasteiger partial charge in [-0.05, 0) is 115 Å². The summed E-state index contributed by atoms with van der Waals surface area (Å²) >= 11 is 9.13. The van der Waals surface area contributed by atoms with E-state index in [-0.39, 0.29) is 32.6 Å². The van der Waals surface area contributed by atoms with E-state index in [1.807, 2.05) is 152 Å². The number of pyridine rings is 5. The van der Waals surface area contributed by atoms with Crippen molar-refractivity contribution in [2.24, 2.45) is 0 Å².